The van der Waals surface area contributed by atoms with Crippen LogP contribution in [0.15, 0.2) is 109 Å². The predicted octanol–water partition coefficient (Wildman–Crippen LogP) is 7.43. The molecule has 6 nitrogen and oxygen atoms in total. The van der Waals surface area contributed by atoms with Crippen molar-refractivity contribution in [2.75, 3.05) is 26.2 Å². The van der Waals surface area contributed by atoms with Gasteiger partial charge in [0.25, 0.3) is 0 Å². The topological polar surface area (TPSA) is 81.1 Å². The minimum Gasteiger partial charge on any atom is -0.481 e. The van der Waals surface area contributed by atoms with E-state index in [-0.39, 0.29) is 48.5 Å². The molecule has 8 heteroatoms. The van der Waals surface area contributed by atoms with Crippen molar-refractivity contribution in [3.8, 4) is 0 Å². The number of carboxylic acids is 2. The van der Waals surface area contributed by atoms with Crippen molar-refractivity contribution in [1.82, 2.24) is 9.80 Å². The van der Waals surface area contributed by atoms with Gasteiger partial charge in [0, 0.05) is 51.1 Å². The maximum Gasteiger partial charge on any atom is 0.308 e. The van der Waals surface area contributed by atoms with Crippen LogP contribution in [0.2, 0.25) is 0 Å². The first kappa shape index (κ1) is 36.8. The lowest BCUT2D eigenvalue weighted by Gasteiger charge is -2.16. The lowest BCUT2D eigenvalue weighted by molar-refractivity contribution is -0.142. The average Bonchev–Trinajstić information content (AvgIpc) is 3.64. The van der Waals surface area contributed by atoms with Crippen LogP contribution in [0.4, 0.5) is 0 Å². The number of hydrogen-bond acceptors (Lipinski definition) is 4. The third kappa shape index (κ3) is 9.66. The maximum atomic E-state index is 11.6. The Morgan fingerprint density at radius 1 is 0.543 bits per heavy atom. The molecule has 2 N–H and O–H groups in total. The van der Waals surface area contributed by atoms with Crippen LogP contribution >= 0.6 is 24.8 Å². The summed E-state index contributed by atoms with van der Waals surface area (Å²) in [5, 5.41) is 19.1. The summed E-state index contributed by atoms with van der Waals surface area (Å²) in [5.41, 5.74) is 7.14. The molecule has 2 fully saturated rings. The molecule has 2 aliphatic heterocycles. The number of likely N-dealkylation sites (tertiary alicyclic amines) is 2. The molecular formula is C38H44Cl2N2O4. The first-order valence-corrected chi connectivity index (χ1v) is 15.4. The van der Waals surface area contributed by atoms with Gasteiger partial charge in [0.1, 0.15) is 0 Å². The zero-order valence-electron chi connectivity index (χ0n) is 26.4. The summed E-state index contributed by atoms with van der Waals surface area (Å²) in [6.07, 6.45) is 0. The van der Waals surface area contributed by atoms with Gasteiger partial charge in [-0.25, -0.2) is 0 Å². The molecule has 6 rings (SSSR count). The van der Waals surface area contributed by atoms with E-state index in [2.05, 4.69) is 96.4 Å². The van der Waals surface area contributed by atoms with Crippen molar-refractivity contribution < 1.29 is 19.8 Å². The van der Waals surface area contributed by atoms with E-state index >= 15 is 0 Å². The van der Waals surface area contributed by atoms with Gasteiger partial charge in [-0.05, 0) is 36.1 Å². The van der Waals surface area contributed by atoms with Gasteiger partial charge in [0.05, 0.1) is 11.8 Å². The number of aliphatic carboxylic acids is 2. The van der Waals surface area contributed by atoms with E-state index in [0.717, 1.165) is 37.3 Å². The second-order valence-electron chi connectivity index (χ2n) is 12.3. The van der Waals surface area contributed by atoms with Crippen LogP contribution in [0.3, 0.4) is 0 Å². The van der Waals surface area contributed by atoms with E-state index in [0.29, 0.717) is 13.1 Å². The van der Waals surface area contributed by atoms with Crippen LogP contribution in [0.1, 0.15) is 45.2 Å². The highest BCUT2D eigenvalue weighted by Gasteiger charge is 2.39. The third-order valence-corrected chi connectivity index (χ3v) is 8.93. The Labute approximate surface area is 284 Å². The van der Waals surface area contributed by atoms with E-state index in [4.69, 9.17) is 0 Å². The van der Waals surface area contributed by atoms with E-state index in [1.165, 1.54) is 22.3 Å². The monoisotopic (exact) mass is 662 g/mol. The molecule has 0 aliphatic carbocycles. The van der Waals surface area contributed by atoms with Gasteiger partial charge in [-0.1, -0.05) is 120 Å². The summed E-state index contributed by atoms with van der Waals surface area (Å²) in [5.74, 6) is -1.90. The molecule has 0 unspecified atom stereocenters. The summed E-state index contributed by atoms with van der Waals surface area (Å²) in [7, 11) is 0. The van der Waals surface area contributed by atoms with E-state index in [1.807, 2.05) is 36.4 Å². The molecular weight excluding hydrogens is 619 g/mol. The molecule has 244 valence electrons. The van der Waals surface area contributed by atoms with Gasteiger partial charge in [0.15, 0.2) is 0 Å². The molecule has 0 radical (unpaired) electrons. The first-order valence-electron chi connectivity index (χ1n) is 15.4. The zero-order valence-corrected chi connectivity index (χ0v) is 28.0. The number of rotatable bonds is 8. The van der Waals surface area contributed by atoms with Crippen molar-refractivity contribution in [2.45, 2.75) is 38.8 Å². The van der Waals surface area contributed by atoms with E-state index < -0.39 is 11.9 Å². The molecule has 46 heavy (non-hydrogen) atoms. The first-order chi connectivity index (χ1) is 21.3. The Hall–Kier alpha value is -3.68. The standard InChI is InChI=1S/2C19H21NO2.2ClH/c2*1-14-7-9-16(10-8-14)17-12-20(13-18(17)19(21)22)11-15-5-3-2-4-6-15;;/h2*2-10,17-18H,11-13H2,1H3,(H,21,22);2*1H/t2*17-,18+;;/m10../s1. The zero-order chi connectivity index (χ0) is 31.1. The van der Waals surface area contributed by atoms with Crippen molar-refractivity contribution >= 4 is 36.8 Å². The van der Waals surface area contributed by atoms with Crippen LogP contribution in [0.5, 0.6) is 0 Å². The number of carbonyl (C=O) groups is 2. The molecule has 4 atom stereocenters. The van der Waals surface area contributed by atoms with E-state index in [9.17, 15) is 19.8 Å². The van der Waals surface area contributed by atoms with E-state index in [1.54, 1.807) is 0 Å². The van der Waals surface area contributed by atoms with Crippen LogP contribution in [0, 0.1) is 25.7 Å². The minimum atomic E-state index is -0.693. The molecule has 0 bridgehead atoms. The van der Waals surface area contributed by atoms with Gasteiger partial charge in [-0.15, -0.1) is 24.8 Å². The number of carboxylic acid groups (broad SMARTS) is 2. The Morgan fingerprint density at radius 3 is 1.17 bits per heavy atom. The van der Waals surface area contributed by atoms with Crippen molar-refractivity contribution in [1.29, 1.82) is 0 Å². The van der Waals surface area contributed by atoms with Crippen LogP contribution in [0.25, 0.3) is 0 Å². The average molecular weight is 664 g/mol. The molecule has 0 spiro atoms. The summed E-state index contributed by atoms with van der Waals surface area (Å²) < 4.78 is 0. The molecule has 4 aromatic rings. The Bertz CT molecular complexity index is 1400. The fourth-order valence-electron chi connectivity index (χ4n) is 6.52. The molecule has 0 saturated carbocycles. The molecule has 2 heterocycles. The normalized spacial score (nSPS) is 20.9. The number of benzene rings is 4. The number of aryl methyl sites for hydroxylation is 2. The summed E-state index contributed by atoms with van der Waals surface area (Å²) in [4.78, 5) is 27.7. The SMILES string of the molecule is Cc1ccc([C@@H]2CN(Cc3ccccc3)C[C@H]2C(=O)O)cc1.Cc1ccc([C@H]2CN(Cc3ccccc3)C[C@@H]2C(=O)O)cc1.Cl.Cl. The Morgan fingerprint density at radius 2 is 0.870 bits per heavy atom. The molecule has 0 amide bonds. The number of halogens is 2. The minimum absolute atomic E-state index is 0. The van der Waals surface area contributed by atoms with Gasteiger partial charge >= 0.3 is 11.9 Å². The van der Waals surface area contributed by atoms with Crippen molar-refractivity contribution in [3.05, 3.63) is 143 Å². The highest BCUT2D eigenvalue weighted by atomic mass is 35.5. The largest absolute Gasteiger partial charge is 0.481 e. The fraction of sp³-hybridized carbons (Fsp3) is 0.316. The predicted molar refractivity (Wildman–Crippen MR) is 188 cm³/mol. The Balaban J connectivity index is 0.000000240. The molecule has 4 aromatic carbocycles. The van der Waals surface area contributed by atoms with Gasteiger partial charge in [-0.3, -0.25) is 19.4 Å². The van der Waals surface area contributed by atoms with Crippen LogP contribution in [-0.4, -0.2) is 58.1 Å². The number of nitrogens with zero attached hydrogens (tertiary/aromatic N) is 2. The quantitative estimate of drug-likeness (QED) is 0.204. The van der Waals surface area contributed by atoms with Crippen LogP contribution < -0.4 is 0 Å². The lowest BCUT2D eigenvalue weighted by atomic mass is 9.89. The Kier molecular flexibility index (Phi) is 13.8. The second-order valence-corrected chi connectivity index (χ2v) is 12.3. The highest BCUT2D eigenvalue weighted by Crippen LogP contribution is 2.35. The van der Waals surface area contributed by atoms with Gasteiger partial charge < -0.3 is 10.2 Å². The second kappa shape index (κ2) is 17.3. The molecule has 2 saturated heterocycles. The van der Waals surface area contributed by atoms with Crippen molar-refractivity contribution in [2.24, 2.45) is 11.8 Å². The highest BCUT2D eigenvalue weighted by molar-refractivity contribution is 5.85. The van der Waals surface area contributed by atoms with Gasteiger partial charge in [0.2, 0.25) is 0 Å². The van der Waals surface area contributed by atoms with Gasteiger partial charge in [-0.2, -0.15) is 0 Å². The van der Waals surface area contributed by atoms with Crippen LogP contribution in [-0.2, 0) is 22.7 Å². The lowest BCUT2D eigenvalue weighted by Crippen LogP contribution is -2.23. The molecule has 2 aliphatic rings. The number of hydrogen-bond donors (Lipinski definition) is 2. The third-order valence-electron chi connectivity index (χ3n) is 8.93. The maximum absolute atomic E-state index is 11.6. The van der Waals surface area contributed by atoms with Crippen molar-refractivity contribution in [3.63, 3.8) is 0 Å². The smallest absolute Gasteiger partial charge is 0.308 e. The summed E-state index contributed by atoms with van der Waals surface area (Å²) in [6, 6.07) is 37.0. The fourth-order valence-corrected chi connectivity index (χ4v) is 6.52. The summed E-state index contributed by atoms with van der Waals surface area (Å²) in [6.45, 7) is 8.55. The summed E-state index contributed by atoms with van der Waals surface area (Å²) >= 11 is 0. The molecule has 0 aromatic heterocycles.